The maximum atomic E-state index is 12.0. The summed E-state index contributed by atoms with van der Waals surface area (Å²) in [6.45, 7) is -0.558. The molecular weight excluding hydrogens is 385 g/mol. The number of nitro groups is 1. The van der Waals surface area contributed by atoms with Gasteiger partial charge in [0, 0.05) is 23.7 Å². The Labute approximate surface area is 157 Å². The number of benzene rings is 2. The molecule has 0 aliphatic carbocycles. The van der Waals surface area contributed by atoms with E-state index in [4.69, 9.17) is 23.2 Å². The molecule has 136 valence electrons. The summed E-state index contributed by atoms with van der Waals surface area (Å²) in [5.41, 5.74) is -0.0245. The zero-order valence-corrected chi connectivity index (χ0v) is 14.6. The molecule has 0 saturated carbocycles. The molecule has 10 heteroatoms. The molecule has 0 aliphatic heterocycles. The maximum Gasteiger partial charge on any atom is 0.269 e. The largest absolute Gasteiger partial charge is 0.872 e. The number of hydrogen-bond donors (Lipinski definition) is 2. The molecule has 2 rings (SSSR count). The summed E-state index contributed by atoms with van der Waals surface area (Å²) in [5.74, 6) is -1.58. The molecule has 0 aromatic heterocycles. The summed E-state index contributed by atoms with van der Waals surface area (Å²) < 4.78 is 0. The standard InChI is InChI=1S/C16H13Cl2N3O5/c17-10-1-3-12(13(18)6-10)16(24)20-8-15(23)19-7-9-5-11(21(25)26)2-4-14(9)22/h1-6,22H,7-8H2,(H,19,23)(H,20,24)/p-1. The zero-order valence-electron chi connectivity index (χ0n) is 13.1. The van der Waals surface area contributed by atoms with Gasteiger partial charge in [0.05, 0.1) is 22.1 Å². The van der Waals surface area contributed by atoms with E-state index in [1.807, 2.05) is 0 Å². The minimum Gasteiger partial charge on any atom is -0.872 e. The average molecular weight is 397 g/mol. The monoisotopic (exact) mass is 396 g/mol. The van der Waals surface area contributed by atoms with Crippen molar-refractivity contribution in [1.29, 1.82) is 0 Å². The fourth-order valence-corrected chi connectivity index (χ4v) is 2.50. The van der Waals surface area contributed by atoms with Gasteiger partial charge < -0.3 is 15.7 Å². The van der Waals surface area contributed by atoms with Crippen molar-refractivity contribution < 1.29 is 19.6 Å². The number of amides is 2. The quantitative estimate of drug-likeness (QED) is 0.570. The summed E-state index contributed by atoms with van der Waals surface area (Å²) >= 11 is 11.6. The van der Waals surface area contributed by atoms with Crippen molar-refractivity contribution in [3.05, 3.63) is 67.7 Å². The molecule has 2 N–H and O–H groups in total. The van der Waals surface area contributed by atoms with Crippen molar-refractivity contribution in [3.63, 3.8) is 0 Å². The highest BCUT2D eigenvalue weighted by atomic mass is 35.5. The van der Waals surface area contributed by atoms with Crippen LogP contribution in [-0.4, -0.2) is 23.3 Å². The number of nitrogens with one attached hydrogen (secondary N) is 2. The van der Waals surface area contributed by atoms with E-state index in [0.29, 0.717) is 5.02 Å². The molecule has 0 aliphatic rings. The number of halogens is 2. The Morgan fingerprint density at radius 1 is 1.08 bits per heavy atom. The highest BCUT2D eigenvalue weighted by Crippen LogP contribution is 2.21. The van der Waals surface area contributed by atoms with E-state index in [2.05, 4.69) is 10.6 Å². The van der Waals surface area contributed by atoms with Gasteiger partial charge in [-0.15, -0.1) is 5.75 Å². The van der Waals surface area contributed by atoms with Crippen LogP contribution in [0.2, 0.25) is 10.0 Å². The Hall–Kier alpha value is -2.84. The lowest BCUT2D eigenvalue weighted by Crippen LogP contribution is -2.36. The molecule has 8 nitrogen and oxygen atoms in total. The number of nitrogens with zero attached hydrogens (tertiary/aromatic N) is 1. The third kappa shape index (κ3) is 5.08. The molecule has 0 spiro atoms. The molecule has 0 heterocycles. The molecule has 0 fully saturated rings. The van der Waals surface area contributed by atoms with E-state index >= 15 is 0 Å². The van der Waals surface area contributed by atoms with E-state index < -0.39 is 22.5 Å². The number of non-ortho nitro benzene ring substituents is 1. The second-order valence-electron chi connectivity index (χ2n) is 5.13. The van der Waals surface area contributed by atoms with E-state index in [1.165, 1.54) is 18.2 Å². The van der Waals surface area contributed by atoms with E-state index in [0.717, 1.165) is 18.2 Å². The highest BCUT2D eigenvalue weighted by molar-refractivity contribution is 6.36. The molecular formula is C16H12Cl2N3O5-. The van der Waals surface area contributed by atoms with Crippen molar-refractivity contribution in [1.82, 2.24) is 10.6 Å². The van der Waals surface area contributed by atoms with Gasteiger partial charge in [-0.3, -0.25) is 19.7 Å². The Balaban J connectivity index is 1.90. The molecule has 2 amide bonds. The lowest BCUT2D eigenvalue weighted by atomic mass is 10.1. The van der Waals surface area contributed by atoms with Crippen molar-refractivity contribution in [2.75, 3.05) is 6.54 Å². The number of rotatable bonds is 6. The van der Waals surface area contributed by atoms with Crippen LogP contribution in [0.3, 0.4) is 0 Å². The number of carbonyl (C=O) groups is 2. The van der Waals surface area contributed by atoms with Gasteiger partial charge in [-0.2, -0.15) is 0 Å². The second kappa shape index (κ2) is 8.50. The Bertz CT molecular complexity index is 873. The molecule has 0 saturated heterocycles. The molecule has 26 heavy (non-hydrogen) atoms. The lowest BCUT2D eigenvalue weighted by molar-refractivity contribution is -0.385. The van der Waals surface area contributed by atoms with Crippen LogP contribution >= 0.6 is 23.2 Å². The van der Waals surface area contributed by atoms with Crippen LogP contribution in [0.25, 0.3) is 0 Å². The third-order valence-electron chi connectivity index (χ3n) is 3.32. The first-order valence-corrected chi connectivity index (χ1v) is 7.98. The van der Waals surface area contributed by atoms with Gasteiger partial charge in [-0.25, -0.2) is 0 Å². The van der Waals surface area contributed by atoms with Crippen LogP contribution < -0.4 is 15.7 Å². The number of nitro benzene ring substituents is 1. The summed E-state index contributed by atoms with van der Waals surface area (Å²) in [4.78, 5) is 33.9. The summed E-state index contributed by atoms with van der Waals surface area (Å²) in [5, 5.41) is 27.7. The minimum absolute atomic E-state index is 0.0691. The molecule has 0 radical (unpaired) electrons. The third-order valence-corrected chi connectivity index (χ3v) is 3.86. The number of carbonyl (C=O) groups excluding carboxylic acids is 2. The van der Waals surface area contributed by atoms with Gasteiger partial charge in [0.1, 0.15) is 0 Å². The average Bonchev–Trinajstić information content (AvgIpc) is 2.58. The Morgan fingerprint density at radius 2 is 1.81 bits per heavy atom. The SMILES string of the molecule is O=C(CNC(=O)c1ccc(Cl)cc1Cl)NCc1cc([N+](=O)[O-])ccc1[O-]. The summed E-state index contributed by atoms with van der Waals surface area (Å²) in [6, 6.07) is 7.55. The van der Waals surface area contributed by atoms with Crippen LogP contribution in [0, 0.1) is 10.1 Å². The number of hydrogen-bond acceptors (Lipinski definition) is 5. The van der Waals surface area contributed by atoms with Crippen LogP contribution in [0.4, 0.5) is 5.69 Å². The minimum atomic E-state index is -0.638. The summed E-state index contributed by atoms with van der Waals surface area (Å²) in [7, 11) is 0. The van der Waals surface area contributed by atoms with Crippen molar-refractivity contribution in [2.45, 2.75) is 6.54 Å². The molecule has 2 aromatic rings. The first-order chi connectivity index (χ1) is 12.3. The summed E-state index contributed by atoms with van der Waals surface area (Å²) in [6.07, 6.45) is 0. The van der Waals surface area contributed by atoms with Gasteiger partial charge in [-0.05, 0) is 23.8 Å². The van der Waals surface area contributed by atoms with E-state index in [-0.39, 0.29) is 34.9 Å². The first-order valence-electron chi connectivity index (χ1n) is 7.22. The van der Waals surface area contributed by atoms with Crippen LogP contribution in [0.5, 0.6) is 5.75 Å². The van der Waals surface area contributed by atoms with Gasteiger partial charge in [0.2, 0.25) is 5.91 Å². The smallest absolute Gasteiger partial charge is 0.269 e. The van der Waals surface area contributed by atoms with Gasteiger partial charge in [0.15, 0.2) is 0 Å². The van der Waals surface area contributed by atoms with E-state index in [9.17, 15) is 24.8 Å². The Morgan fingerprint density at radius 3 is 2.46 bits per heavy atom. The normalized spacial score (nSPS) is 10.2. The Kier molecular flexibility index (Phi) is 6.37. The van der Waals surface area contributed by atoms with E-state index in [1.54, 1.807) is 0 Å². The zero-order chi connectivity index (χ0) is 19.3. The van der Waals surface area contributed by atoms with Crippen LogP contribution in [0.15, 0.2) is 36.4 Å². The van der Waals surface area contributed by atoms with Crippen molar-refractivity contribution >= 4 is 40.7 Å². The predicted molar refractivity (Wildman–Crippen MR) is 93.2 cm³/mol. The van der Waals surface area contributed by atoms with Crippen LogP contribution in [-0.2, 0) is 11.3 Å². The second-order valence-corrected chi connectivity index (χ2v) is 5.98. The predicted octanol–water partition coefficient (Wildman–Crippen LogP) is 2.02. The fourth-order valence-electron chi connectivity index (χ4n) is 2.00. The van der Waals surface area contributed by atoms with Gasteiger partial charge in [0.25, 0.3) is 11.6 Å². The molecule has 0 bridgehead atoms. The lowest BCUT2D eigenvalue weighted by Gasteiger charge is -2.14. The fraction of sp³-hybridized carbons (Fsp3) is 0.125. The molecule has 0 atom stereocenters. The highest BCUT2D eigenvalue weighted by Gasteiger charge is 2.12. The topological polar surface area (TPSA) is 124 Å². The first kappa shape index (κ1) is 19.5. The van der Waals surface area contributed by atoms with Gasteiger partial charge in [-0.1, -0.05) is 29.3 Å². The van der Waals surface area contributed by atoms with Crippen molar-refractivity contribution in [3.8, 4) is 5.75 Å². The molecule has 2 aromatic carbocycles. The van der Waals surface area contributed by atoms with Crippen molar-refractivity contribution in [2.24, 2.45) is 0 Å². The van der Waals surface area contributed by atoms with Gasteiger partial charge >= 0.3 is 0 Å². The molecule has 0 unspecified atom stereocenters. The van der Waals surface area contributed by atoms with Crippen LogP contribution in [0.1, 0.15) is 15.9 Å². The maximum absolute atomic E-state index is 12.0.